The first-order chi connectivity index (χ1) is 5.85. The van der Waals surface area contributed by atoms with Gasteiger partial charge in [0.1, 0.15) is 0 Å². The molecule has 0 heterocycles. The zero-order valence-electron chi connectivity index (χ0n) is 8.23. The van der Waals surface area contributed by atoms with Crippen LogP contribution in [-0.4, -0.2) is 12.6 Å². The summed E-state index contributed by atoms with van der Waals surface area (Å²) in [6.07, 6.45) is 10.1. The van der Waals surface area contributed by atoms with Crippen molar-refractivity contribution < 1.29 is 0 Å². The number of rotatable bonds is 6. The number of nitrogens with one attached hydrogen (secondary N) is 1. The van der Waals surface area contributed by atoms with Gasteiger partial charge in [-0.05, 0) is 37.5 Å². The van der Waals surface area contributed by atoms with E-state index in [1.54, 1.807) is 0 Å². The van der Waals surface area contributed by atoms with Crippen LogP contribution in [-0.2, 0) is 0 Å². The lowest BCUT2D eigenvalue weighted by Crippen LogP contribution is -2.25. The summed E-state index contributed by atoms with van der Waals surface area (Å²) in [6, 6.07) is 0.907. The van der Waals surface area contributed by atoms with Gasteiger partial charge in [-0.2, -0.15) is 0 Å². The molecule has 0 unspecified atom stereocenters. The summed E-state index contributed by atoms with van der Waals surface area (Å²) in [5.41, 5.74) is 0.762. The zero-order chi connectivity index (χ0) is 8.44. The van der Waals surface area contributed by atoms with Crippen molar-refractivity contribution in [1.82, 2.24) is 5.32 Å². The first kappa shape index (κ1) is 8.55. The van der Waals surface area contributed by atoms with Crippen LogP contribution < -0.4 is 5.32 Å². The summed E-state index contributed by atoms with van der Waals surface area (Å²) in [5.74, 6) is 0. The van der Waals surface area contributed by atoms with Gasteiger partial charge in [-0.3, -0.25) is 0 Å². The van der Waals surface area contributed by atoms with Crippen LogP contribution in [0.1, 0.15) is 51.9 Å². The molecule has 0 amide bonds. The predicted molar refractivity (Wildman–Crippen MR) is 52.2 cm³/mol. The average Bonchev–Trinajstić information content (AvgIpc) is 2.95. The van der Waals surface area contributed by atoms with Crippen LogP contribution in [0.15, 0.2) is 0 Å². The summed E-state index contributed by atoms with van der Waals surface area (Å²) in [7, 11) is 0. The first-order valence-electron chi connectivity index (χ1n) is 5.58. The molecule has 0 atom stereocenters. The lowest BCUT2D eigenvalue weighted by Gasteiger charge is -2.14. The van der Waals surface area contributed by atoms with Gasteiger partial charge in [0.2, 0.25) is 0 Å². The summed E-state index contributed by atoms with van der Waals surface area (Å²) >= 11 is 0. The third kappa shape index (κ3) is 2.22. The normalized spacial score (nSPS) is 25.8. The van der Waals surface area contributed by atoms with Gasteiger partial charge in [0.05, 0.1) is 0 Å². The van der Waals surface area contributed by atoms with E-state index in [1.807, 2.05) is 0 Å². The van der Waals surface area contributed by atoms with Crippen LogP contribution in [0.5, 0.6) is 0 Å². The van der Waals surface area contributed by atoms with Gasteiger partial charge in [0.15, 0.2) is 0 Å². The zero-order valence-corrected chi connectivity index (χ0v) is 8.23. The summed E-state index contributed by atoms with van der Waals surface area (Å²) in [5, 5.41) is 3.67. The predicted octanol–water partition coefficient (Wildman–Crippen LogP) is 2.71. The van der Waals surface area contributed by atoms with Crippen molar-refractivity contribution in [2.75, 3.05) is 6.54 Å². The topological polar surface area (TPSA) is 12.0 Å². The maximum atomic E-state index is 3.67. The maximum absolute atomic E-state index is 3.67. The first-order valence-corrected chi connectivity index (χ1v) is 5.58. The Kier molecular flexibility index (Phi) is 2.40. The average molecular weight is 167 g/mol. The van der Waals surface area contributed by atoms with Crippen LogP contribution in [0.2, 0.25) is 0 Å². The maximum Gasteiger partial charge on any atom is 0.00684 e. The van der Waals surface area contributed by atoms with E-state index in [4.69, 9.17) is 0 Å². The van der Waals surface area contributed by atoms with E-state index in [0.717, 1.165) is 11.5 Å². The molecule has 2 aliphatic rings. The minimum Gasteiger partial charge on any atom is -0.313 e. The lowest BCUT2D eigenvalue weighted by molar-refractivity contribution is 0.410. The number of hydrogen-bond donors (Lipinski definition) is 1. The minimum absolute atomic E-state index is 0.762. The molecule has 70 valence electrons. The molecule has 12 heavy (non-hydrogen) atoms. The van der Waals surface area contributed by atoms with Crippen molar-refractivity contribution in [3.8, 4) is 0 Å². The second kappa shape index (κ2) is 3.37. The van der Waals surface area contributed by atoms with E-state index in [1.165, 1.54) is 51.5 Å². The van der Waals surface area contributed by atoms with Crippen molar-refractivity contribution >= 4 is 0 Å². The molecular weight excluding hydrogens is 146 g/mol. The monoisotopic (exact) mass is 167 g/mol. The van der Waals surface area contributed by atoms with E-state index in [-0.39, 0.29) is 0 Å². The quantitative estimate of drug-likeness (QED) is 0.641. The Balaban J connectivity index is 1.62. The Labute approximate surface area is 75.9 Å². The van der Waals surface area contributed by atoms with Crippen LogP contribution in [0.3, 0.4) is 0 Å². The highest BCUT2D eigenvalue weighted by Crippen LogP contribution is 2.49. The number of unbranched alkanes of at least 4 members (excludes halogenated alkanes) is 1. The van der Waals surface area contributed by atoms with Crippen molar-refractivity contribution in [1.29, 1.82) is 0 Å². The summed E-state index contributed by atoms with van der Waals surface area (Å²) in [4.78, 5) is 0. The molecule has 0 aliphatic heterocycles. The highest BCUT2D eigenvalue weighted by atomic mass is 15.0. The van der Waals surface area contributed by atoms with Crippen LogP contribution in [0.25, 0.3) is 0 Å². The molecule has 0 radical (unpaired) electrons. The standard InChI is InChI=1S/C11H21N/c1-2-3-6-11(7-8-11)9-12-10-4-5-10/h10,12H,2-9H2,1H3. The molecule has 1 nitrogen and oxygen atoms in total. The van der Waals surface area contributed by atoms with Crippen LogP contribution >= 0.6 is 0 Å². The molecule has 0 saturated heterocycles. The summed E-state index contributed by atoms with van der Waals surface area (Å²) < 4.78 is 0. The van der Waals surface area contributed by atoms with E-state index in [9.17, 15) is 0 Å². The fourth-order valence-electron chi connectivity index (χ4n) is 1.89. The fourth-order valence-corrected chi connectivity index (χ4v) is 1.89. The van der Waals surface area contributed by atoms with Gasteiger partial charge < -0.3 is 5.32 Å². The van der Waals surface area contributed by atoms with E-state index in [0.29, 0.717) is 0 Å². The molecule has 0 bridgehead atoms. The third-order valence-electron chi connectivity index (χ3n) is 3.36. The molecule has 0 aromatic heterocycles. The van der Waals surface area contributed by atoms with E-state index >= 15 is 0 Å². The smallest absolute Gasteiger partial charge is 0.00684 e. The molecular formula is C11H21N. The Hall–Kier alpha value is -0.0400. The molecule has 0 aromatic rings. The van der Waals surface area contributed by atoms with Gasteiger partial charge in [0, 0.05) is 12.6 Å². The van der Waals surface area contributed by atoms with Crippen molar-refractivity contribution in [3.63, 3.8) is 0 Å². The molecule has 2 saturated carbocycles. The molecule has 2 fully saturated rings. The molecule has 2 rings (SSSR count). The highest BCUT2D eigenvalue weighted by Gasteiger charge is 2.42. The van der Waals surface area contributed by atoms with Crippen LogP contribution in [0.4, 0.5) is 0 Å². The SMILES string of the molecule is CCCCC1(CNC2CC2)CC1. The largest absolute Gasteiger partial charge is 0.313 e. The van der Waals surface area contributed by atoms with E-state index < -0.39 is 0 Å². The Morgan fingerprint density at radius 3 is 2.58 bits per heavy atom. The minimum atomic E-state index is 0.762. The van der Waals surface area contributed by atoms with Gasteiger partial charge in [-0.1, -0.05) is 19.8 Å². The van der Waals surface area contributed by atoms with Gasteiger partial charge in [-0.15, -0.1) is 0 Å². The highest BCUT2D eigenvalue weighted by molar-refractivity contribution is 4.96. The van der Waals surface area contributed by atoms with Crippen molar-refractivity contribution in [2.24, 2.45) is 5.41 Å². The van der Waals surface area contributed by atoms with Gasteiger partial charge in [-0.25, -0.2) is 0 Å². The molecule has 2 aliphatic carbocycles. The van der Waals surface area contributed by atoms with Crippen molar-refractivity contribution in [3.05, 3.63) is 0 Å². The number of hydrogen-bond acceptors (Lipinski definition) is 1. The molecule has 0 spiro atoms. The van der Waals surface area contributed by atoms with Gasteiger partial charge in [0.25, 0.3) is 0 Å². The Bertz CT molecular complexity index is 145. The molecule has 0 aromatic carbocycles. The Morgan fingerprint density at radius 2 is 2.08 bits per heavy atom. The Morgan fingerprint density at radius 1 is 1.33 bits per heavy atom. The summed E-state index contributed by atoms with van der Waals surface area (Å²) in [6.45, 7) is 3.61. The van der Waals surface area contributed by atoms with Gasteiger partial charge >= 0.3 is 0 Å². The molecule has 1 N–H and O–H groups in total. The van der Waals surface area contributed by atoms with E-state index in [2.05, 4.69) is 12.2 Å². The second-order valence-electron chi connectivity index (χ2n) is 4.76. The fraction of sp³-hybridized carbons (Fsp3) is 1.00. The second-order valence-corrected chi connectivity index (χ2v) is 4.76. The third-order valence-corrected chi connectivity index (χ3v) is 3.36. The van der Waals surface area contributed by atoms with Crippen molar-refractivity contribution in [2.45, 2.75) is 57.9 Å². The molecule has 1 heteroatoms. The van der Waals surface area contributed by atoms with Crippen LogP contribution in [0, 0.1) is 5.41 Å². The lowest BCUT2D eigenvalue weighted by atomic mass is 9.99.